The number of nitrogens with zero attached hydrogens (tertiary/aromatic N) is 3. The highest BCUT2D eigenvalue weighted by atomic mass is 35.5. The van der Waals surface area contributed by atoms with Crippen LogP contribution in [0.3, 0.4) is 0 Å². The molecule has 1 aromatic heterocycles. The highest BCUT2D eigenvalue weighted by Gasteiger charge is 2.31. The summed E-state index contributed by atoms with van der Waals surface area (Å²) in [6.45, 7) is 0.674. The van der Waals surface area contributed by atoms with Crippen molar-refractivity contribution in [2.24, 2.45) is 5.92 Å². The molecule has 1 aliphatic rings. The standard InChI is InChI=1S/C7H8ClN3OS2/c8-6-9-10-7(14-6)11-2-4(3-13)1-5(11)12/h4,13H,1-3H2. The number of aromatic nitrogens is 2. The van der Waals surface area contributed by atoms with E-state index in [1.54, 1.807) is 4.90 Å². The average molecular weight is 250 g/mol. The van der Waals surface area contributed by atoms with Gasteiger partial charge < -0.3 is 0 Å². The predicted molar refractivity (Wildman–Crippen MR) is 59.2 cm³/mol. The van der Waals surface area contributed by atoms with E-state index in [-0.39, 0.29) is 5.91 Å². The molecule has 1 amide bonds. The Morgan fingerprint density at radius 1 is 1.64 bits per heavy atom. The Morgan fingerprint density at radius 3 is 2.93 bits per heavy atom. The van der Waals surface area contributed by atoms with Crippen molar-refractivity contribution in [1.82, 2.24) is 10.2 Å². The number of hydrogen-bond donors (Lipinski definition) is 1. The lowest BCUT2D eigenvalue weighted by molar-refractivity contribution is -0.117. The van der Waals surface area contributed by atoms with Crippen LogP contribution in [0.1, 0.15) is 6.42 Å². The Morgan fingerprint density at radius 2 is 2.43 bits per heavy atom. The van der Waals surface area contributed by atoms with Gasteiger partial charge in [0.05, 0.1) is 0 Å². The monoisotopic (exact) mass is 249 g/mol. The van der Waals surface area contributed by atoms with Gasteiger partial charge in [-0.1, -0.05) is 11.3 Å². The molecule has 0 N–H and O–H groups in total. The predicted octanol–water partition coefficient (Wildman–Crippen LogP) is 1.47. The van der Waals surface area contributed by atoms with Crippen LogP contribution in [0.15, 0.2) is 0 Å². The molecule has 2 rings (SSSR count). The summed E-state index contributed by atoms with van der Waals surface area (Å²) in [5, 5.41) is 8.09. The van der Waals surface area contributed by atoms with Crippen molar-refractivity contribution in [3.63, 3.8) is 0 Å². The molecule has 1 aliphatic heterocycles. The van der Waals surface area contributed by atoms with Gasteiger partial charge >= 0.3 is 0 Å². The van der Waals surface area contributed by atoms with E-state index < -0.39 is 0 Å². The minimum atomic E-state index is 0.0804. The zero-order valence-corrected chi connectivity index (χ0v) is 9.65. The van der Waals surface area contributed by atoms with Gasteiger partial charge in [0.2, 0.25) is 15.5 Å². The molecule has 2 heterocycles. The van der Waals surface area contributed by atoms with E-state index in [0.29, 0.717) is 28.5 Å². The molecule has 0 saturated carbocycles. The van der Waals surface area contributed by atoms with Gasteiger partial charge in [0, 0.05) is 13.0 Å². The quantitative estimate of drug-likeness (QED) is 0.808. The number of carbonyl (C=O) groups excluding carboxylic acids is 1. The summed E-state index contributed by atoms with van der Waals surface area (Å²) in [6, 6.07) is 0. The summed E-state index contributed by atoms with van der Waals surface area (Å²) in [4.78, 5) is 13.2. The maximum Gasteiger partial charge on any atom is 0.229 e. The van der Waals surface area contributed by atoms with E-state index in [4.69, 9.17) is 11.6 Å². The second-order valence-electron chi connectivity index (χ2n) is 3.09. The molecule has 0 bridgehead atoms. The Labute approximate surface area is 95.7 Å². The zero-order valence-electron chi connectivity index (χ0n) is 7.18. The van der Waals surface area contributed by atoms with E-state index in [1.165, 1.54) is 11.3 Å². The Kier molecular flexibility index (Phi) is 2.94. The maximum absolute atomic E-state index is 11.5. The SMILES string of the molecule is O=C1CC(CS)CN1c1nnc(Cl)s1. The van der Waals surface area contributed by atoms with Gasteiger partial charge in [-0.25, -0.2) is 0 Å². The first kappa shape index (κ1) is 10.2. The molecular formula is C7H8ClN3OS2. The van der Waals surface area contributed by atoms with Crippen molar-refractivity contribution < 1.29 is 4.79 Å². The van der Waals surface area contributed by atoms with Crippen molar-refractivity contribution in [3.8, 4) is 0 Å². The maximum atomic E-state index is 11.5. The van der Waals surface area contributed by atoms with Crippen LogP contribution in [0, 0.1) is 5.92 Å². The average Bonchev–Trinajstić information content (AvgIpc) is 2.71. The summed E-state index contributed by atoms with van der Waals surface area (Å²) < 4.78 is 0.363. The lowest BCUT2D eigenvalue weighted by Gasteiger charge is -2.10. The van der Waals surface area contributed by atoms with E-state index >= 15 is 0 Å². The third-order valence-corrected chi connectivity index (χ3v) is 3.64. The molecule has 4 nitrogen and oxygen atoms in total. The van der Waals surface area contributed by atoms with Gasteiger partial charge in [-0.3, -0.25) is 9.69 Å². The summed E-state index contributed by atoms with van der Waals surface area (Å²) in [5.41, 5.74) is 0. The van der Waals surface area contributed by atoms with Crippen LogP contribution in [0.4, 0.5) is 5.13 Å². The number of halogens is 1. The molecule has 7 heteroatoms. The van der Waals surface area contributed by atoms with E-state index in [1.807, 2.05) is 0 Å². The summed E-state index contributed by atoms with van der Waals surface area (Å²) in [7, 11) is 0. The first-order valence-corrected chi connectivity index (χ1v) is 5.93. The Balaban J connectivity index is 2.16. The number of hydrogen-bond acceptors (Lipinski definition) is 5. The minimum Gasteiger partial charge on any atom is -0.286 e. The summed E-state index contributed by atoms with van der Waals surface area (Å²) in [5.74, 6) is 1.11. The third kappa shape index (κ3) is 1.87. The lowest BCUT2D eigenvalue weighted by Crippen LogP contribution is -2.24. The molecule has 0 radical (unpaired) electrons. The normalized spacial score (nSPS) is 22.0. The number of anilines is 1. The molecule has 1 unspecified atom stereocenters. The summed E-state index contributed by atoms with van der Waals surface area (Å²) in [6.07, 6.45) is 0.542. The number of amides is 1. The highest BCUT2D eigenvalue weighted by Crippen LogP contribution is 2.29. The summed E-state index contributed by atoms with van der Waals surface area (Å²) >= 11 is 11.1. The fraction of sp³-hybridized carbons (Fsp3) is 0.571. The number of rotatable bonds is 2. The van der Waals surface area contributed by atoms with Gasteiger partial charge in [0.25, 0.3) is 0 Å². The molecule has 0 aromatic carbocycles. The molecule has 1 saturated heterocycles. The first-order chi connectivity index (χ1) is 6.70. The molecule has 0 spiro atoms. The van der Waals surface area contributed by atoms with Crippen molar-refractivity contribution >= 4 is 46.6 Å². The van der Waals surface area contributed by atoms with Crippen molar-refractivity contribution in [2.75, 3.05) is 17.2 Å². The molecule has 1 atom stereocenters. The third-order valence-electron chi connectivity index (χ3n) is 2.08. The fourth-order valence-corrected chi connectivity index (χ4v) is 2.49. The second kappa shape index (κ2) is 4.04. The largest absolute Gasteiger partial charge is 0.286 e. The van der Waals surface area contributed by atoms with Crippen LogP contribution in [0.2, 0.25) is 4.47 Å². The highest BCUT2D eigenvalue weighted by molar-refractivity contribution is 7.80. The molecule has 76 valence electrons. The lowest BCUT2D eigenvalue weighted by atomic mass is 10.1. The molecule has 1 fully saturated rings. The number of thiol groups is 1. The minimum absolute atomic E-state index is 0.0804. The smallest absolute Gasteiger partial charge is 0.229 e. The zero-order chi connectivity index (χ0) is 10.1. The fourth-order valence-electron chi connectivity index (χ4n) is 1.40. The number of carbonyl (C=O) groups is 1. The Hall–Kier alpha value is -0.330. The van der Waals surface area contributed by atoms with Gasteiger partial charge in [0.15, 0.2) is 0 Å². The van der Waals surface area contributed by atoms with Crippen LogP contribution >= 0.6 is 35.6 Å². The van der Waals surface area contributed by atoms with Crippen LogP contribution in [-0.4, -0.2) is 28.4 Å². The van der Waals surface area contributed by atoms with E-state index in [0.717, 1.165) is 5.75 Å². The second-order valence-corrected chi connectivity index (χ2v) is 5.00. The Bertz CT molecular complexity index is 356. The molecular weight excluding hydrogens is 242 g/mol. The van der Waals surface area contributed by atoms with Gasteiger partial charge in [-0.05, 0) is 23.3 Å². The van der Waals surface area contributed by atoms with Crippen LogP contribution in [-0.2, 0) is 4.79 Å². The molecule has 0 aliphatic carbocycles. The van der Waals surface area contributed by atoms with Crippen LogP contribution in [0.25, 0.3) is 0 Å². The molecule has 14 heavy (non-hydrogen) atoms. The topological polar surface area (TPSA) is 46.1 Å². The van der Waals surface area contributed by atoms with Crippen LogP contribution in [0.5, 0.6) is 0 Å². The van der Waals surface area contributed by atoms with Crippen molar-refractivity contribution in [3.05, 3.63) is 4.47 Å². The van der Waals surface area contributed by atoms with E-state index in [9.17, 15) is 4.79 Å². The first-order valence-electron chi connectivity index (χ1n) is 4.11. The van der Waals surface area contributed by atoms with Gasteiger partial charge in [-0.15, -0.1) is 10.2 Å². The van der Waals surface area contributed by atoms with E-state index in [2.05, 4.69) is 22.8 Å². The van der Waals surface area contributed by atoms with Gasteiger partial charge in [0.1, 0.15) is 0 Å². The van der Waals surface area contributed by atoms with Crippen LogP contribution < -0.4 is 4.90 Å². The van der Waals surface area contributed by atoms with Crippen molar-refractivity contribution in [1.29, 1.82) is 0 Å². The van der Waals surface area contributed by atoms with Crippen molar-refractivity contribution in [2.45, 2.75) is 6.42 Å². The molecule has 1 aromatic rings. The van der Waals surface area contributed by atoms with Gasteiger partial charge in [-0.2, -0.15) is 12.6 Å².